The molecule has 2 amide bonds. The molecule has 172 valence electrons. The van der Waals surface area contributed by atoms with Crippen LogP contribution in [0.1, 0.15) is 33.6 Å². The second-order valence-corrected chi connectivity index (χ2v) is 9.53. The number of ether oxygens (including phenoxy) is 2. The van der Waals surface area contributed by atoms with Crippen LogP contribution in [0.5, 0.6) is 5.75 Å². The Bertz CT molecular complexity index is 852. The molecule has 0 aliphatic carbocycles. The van der Waals surface area contributed by atoms with Crippen molar-refractivity contribution in [3.8, 4) is 5.75 Å². The summed E-state index contributed by atoms with van der Waals surface area (Å²) in [7, 11) is 0. The number of nitrogens with zero attached hydrogens (tertiary/aromatic N) is 2. The monoisotopic (exact) mass is 477 g/mol. The summed E-state index contributed by atoms with van der Waals surface area (Å²) in [5.74, 6) is -2.42. The van der Waals surface area contributed by atoms with Crippen molar-refractivity contribution in [2.24, 2.45) is 0 Å². The molecule has 0 bridgehead atoms. The lowest BCUT2D eigenvalue weighted by Crippen LogP contribution is -2.63. The van der Waals surface area contributed by atoms with Crippen LogP contribution >= 0.6 is 23.4 Å². The van der Waals surface area contributed by atoms with Crippen molar-refractivity contribution in [1.82, 2.24) is 15.2 Å². The zero-order chi connectivity index (χ0) is 23.4. The smallest absolute Gasteiger partial charge is 0.411 e. The Kier molecular flexibility index (Phi) is 7.98. The van der Waals surface area contributed by atoms with E-state index in [9.17, 15) is 23.9 Å². The molecule has 2 heterocycles. The molecule has 1 aromatic heterocycles. The van der Waals surface area contributed by atoms with E-state index >= 15 is 0 Å². The fraction of sp³-hybridized carbons (Fsp3) is 0.579. The normalized spacial score (nSPS) is 21.4. The average molecular weight is 478 g/mol. The maximum absolute atomic E-state index is 13.5. The highest BCUT2D eigenvalue weighted by atomic mass is 35.5. The van der Waals surface area contributed by atoms with Crippen molar-refractivity contribution in [2.75, 3.05) is 19.4 Å². The van der Waals surface area contributed by atoms with Crippen LogP contribution in [0.3, 0.4) is 0 Å². The van der Waals surface area contributed by atoms with Gasteiger partial charge in [0, 0.05) is 6.07 Å². The Balaban J connectivity index is 2.09. The predicted octanol–water partition coefficient (Wildman–Crippen LogP) is 2.91. The van der Waals surface area contributed by atoms with E-state index in [2.05, 4.69) is 10.3 Å². The standard InChI is InChI=1S/C19H25ClFN3O6S/c1-18(2,3)30-17(28)24-10-19(31-4,6-5-13(24)16(26)27)23-14(25)9-29-11-7-12(21)15(20)22-8-11/h7-8,13H,5-6,9-10H2,1-4H3,(H,23,25)(H,26,27)/t13-,19-/m1/s1. The van der Waals surface area contributed by atoms with Crippen molar-refractivity contribution in [2.45, 2.75) is 50.1 Å². The number of piperidine rings is 1. The first-order valence-corrected chi connectivity index (χ1v) is 11.0. The molecule has 1 aromatic rings. The van der Waals surface area contributed by atoms with Crippen molar-refractivity contribution >= 4 is 41.3 Å². The summed E-state index contributed by atoms with van der Waals surface area (Å²) in [5.41, 5.74) is -0.807. The molecule has 1 aliphatic heterocycles. The highest BCUT2D eigenvalue weighted by molar-refractivity contribution is 8.00. The van der Waals surface area contributed by atoms with Gasteiger partial charge in [0.15, 0.2) is 17.6 Å². The lowest BCUT2D eigenvalue weighted by atomic mass is 9.97. The number of amides is 2. The van der Waals surface area contributed by atoms with Crippen molar-refractivity contribution in [3.05, 3.63) is 23.2 Å². The molecule has 1 fully saturated rings. The Morgan fingerprint density at radius 3 is 2.68 bits per heavy atom. The summed E-state index contributed by atoms with van der Waals surface area (Å²) >= 11 is 6.80. The molecule has 2 atom stereocenters. The fourth-order valence-corrected chi connectivity index (χ4v) is 3.91. The molecule has 0 unspecified atom stereocenters. The molecule has 2 N–H and O–H groups in total. The van der Waals surface area contributed by atoms with Crippen LogP contribution in [0.4, 0.5) is 9.18 Å². The number of pyridine rings is 1. The largest absolute Gasteiger partial charge is 0.482 e. The average Bonchev–Trinajstić information content (AvgIpc) is 2.67. The number of nitrogens with one attached hydrogen (secondary N) is 1. The van der Waals surface area contributed by atoms with Crippen LogP contribution in [-0.2, 0) is 14.3 Å². The number of aromatic nitrogens is 1. The third kappa shape index (κ3) is 6.86. The molecule has 1 aliphatic rings. The Morgan fingerprint density at radius 2 is 2.13 bits per heavy atom. The van der Waals surface area contributed by atoms with Gasteiger partial charge in [0.25, 0.3) is 5.91 Å². The van der Waals surface area contributed by atoms with E-state index in [0.29, 0.717) is 6.42 Å². The van der Waals surface area contributed by atoms with Crippen LogP contribution in [0.2, 0.25) is 5.15 Å². The second kappa shape index (κ2) is 9.90. The van der Waals surface area contributed by atoms with E-state index in [1.165, 1.54) is 18.0 Å². The van der Waals surface area contributed by atoms with Crippen molar-refractivity contribution in [1.29, 1.82) is 0 Å². The van der Waals surface area contributed by atoms with Crippen LogP contribution in [0, 0.1) is 5.82 Å². The molecule has 12 heteroatoms. The number of carbonyl (C=O) groups is 3. The third-order valence-corrected chi connectivity index (χ3v) is 5.93. The summed E-state index contributed by atoms with van der Waals surface area (Å²) in [6, 6.07) is -0.0543. The maximum atomic E-state index is 13.5. The second-order valence-electron chi connectivity index (χ2n) is 7.98. The molecule has 0 saturated carbocycles. The van der Waals surface area contributed by atoms with Gasteiger partial charge in [-0.1, -0.05) is 11.6 Å². The number of aliphatic carboxylic acids is 1. The summed E-state index contributed by atoms with van der Waals surface area (Å²) < 4.78 is 24.1. The quantitative estimate of drug-likeness (QED) is 0.474. The molecule has 2 rings (SSSR count). The van der Waals surface area contributed by atoms with Crippen molar-refractivity contribution < 1.29 is 33.4 Å². The first kappa shape index (κ1) is 25.0. The number of likely N-dealkylation sites (tertiary alicyclic amines) is 1. The number of carbonyl (C=O) groups excluding carboxylic acids is 2. The summed E-state index contributed by atoms with van der Waals surface area (Å²) in [5, 5.41) is 12.0. The summed E-state index contributed by atoms with van der Waals surface area (Å²) in [6.07, 6.45) is 2.60. The minimum atomic E-state index is -1.15. The highest BCUT2D eigenvalue weighted by Crippen LogP contribution is 2.34. The van der Waals surface area contributed by atoms with E-state index in [4.69, 9.17) is 21.1 Å². The number of thioether (sulfide) groups is 1. The summed E-state index contributed by atoms with van der Waals surface area (Å²) in [6.45, 7) is 4.54. The van der Waals surface area contributed by atoms with Crippen LogP contribution < -0.4 is 10.1 Å². The fourth-order valence-electron chi connectivity index (χ4n) is 3.00. The van der Waals surface area contributed by atoms with E-state index in [-0.39, 0.29) is 23.9 Å². The Hall–Kier alpha value is -2.27. The number of carboxylic acids is 1. The maximum Gasteiger partial charge on any atom is 0.411 e. The zero-order valence-electron chi connectivity index (χ0n) is 17.6. The van der Waals surface area contributed by atoms with Crippen molar-refractivity contribution in [3.63, 3.8) is 0 Å². The topological polar surface area (TPSA) is 118 Å². The minimum Gasteiger partial charge on any atom is -0.482 e. The molecule has 0 radical (unpaired) electrons. The van der Waals surface area contributed by atoms with Gasteiger partial charge in [0.2, 0.25) is 0 Å². The Morgan fingerprint density at radius 1 is 1.45 bits per heavy atom. The van der Waals surface area contributed by atoms with Crippen LogP contribution in [0.25, 0.3) is 0 Å². The molecular weight excluding hydrogens is 453 g/mol. The minimum absolute atomic E-state index is 0.0280. The number of carboxylic acid groups (broad SMARTS) is 1. The first-order valence-electron chi connectivity index (χ1n) is 9.38. The van der Waals surface area contributed by atoms with E-state index in [1.54, 1.807) is 27.0 Å². The van der Waals surface area contributed by atoms with Crippen LogP contribution in [-0.4, -0.2) is 68.9 Å². The predicted molar refractivity (Wildman–Crippen MR) is 113 cm³/mol. The highest BCUT2D eigenvalue weighted by Gasteiger charge is 2.46. The lowest BCUT2D eigenvalue weighted by Gasteiger charge is -2.45. The Labute approximate surface area is 188 Å². The van der Waals surface area contributed by atoms with Gasteiger partial charge in [-0.3, -0.25) is 9.69 Å². The van der Waals surface area contributed by atoms with Gasteiger partial charge in [-0.15, -0.1) is 11.8 Å². The van der Waals surface area contributed by atoms with Gasteiger partial charge < -0.3 is 19.9 Å². The molecule has 0 spiro atoms. The molecule has 0 aromatic carbocycles. The van der Waals surface area contributed by atoms with Gasteiger partial charge in [-0.2, -0.15) is 0 Å². The molecule has 31 heavy (non-hydrogen) atoms. The van der Waals surface area contributed by atoms with Gasteiger partial charge in [-0.05, 0) is 39.9 Å². The van der Waals surface area contributed by atoms with Gasteiger partial charge in [0.05, 0.1) is 12.7 Å². The number of halogens is 2. The number of rotatable bonds is 6. The molecular formula is C19H25ClFN3O6S. The summed E-state index contributed by atoms with van der Waals surface area (Å²) in [4.78, 5) is 40.5. The number of hydrogen-bond acceptors (Lipinski definition) is 7. The third-order valence-electron chi connectivity index (χ3n) is 4.44. The zero-order valence-corrected chi connectivity index (χ0v) is 19.2. The van der Waals surface area contributed by atoms with Crippen LogP contribution in [0.15, 0.2) is 12.3 Å². The van der Waals surface area contributed by atoms with E-state index in [1.807, 2.05) is 0 Å². The first-order chi connectivity index (χ1) is 14.4. The van der Waals surface area contributed by atoms with Gasteiger partial charge >= 0.3 is 12.1 Å². The molecule has 1 saturated heterocycles. The van der Waals surface area contributed by atoms with Gasteiger partial charge in [-0.25, -0.2) is 19.0 Å². The molecule has 9 nitrogen and oxygen atoms in total. The van der Waals surface area contributed by atoms with E-state index < -0.39 is 46.9 Å². The number of hydrogen-bond donors (Lipinski definition) is 2. The van der Waals surface area contributed by atoms with E-state index in [0.717, 1.165) is 11.0 Å². The lowest BCUT2D eigenvalue weighted by molar-refractivity contribution is -0.145. The SMILES string of the molecule is CS[C@]1(NC(=O)COc2cnc(Cl)c(F)c2)CC[C@H](C(=O)O)N(C(=O)OC(C)(C)C)C1. The van der Waals surface area contributed by atoms with Gasteiger partial charge in [0.1, 0.15) is 22.3 Å².